The molecule has 140 valence electrons. The Kier molecular flexibility index (Phi) is 6.12. The molecule has 0 aliphatic carbocycles. The molecule has 1 saturated heterocycles. The summed E-state index contributed by atoms with van der Waals surface area (Å²) >= 11 is 2.19. The lowest BCUT2D eigenvalue weighted by atomic mass is 10.2. The van der Waals surface area contributed by atoms with Gasteiger partial charge in [0, 0.05) is 13.2 Å². The van der Waals surface area contributed by atoms with Crippen LogP contribution in [0.2, 0.25) is 0 Å². The van der Waals surface area contributed by atoms with Crippen molar-refractivity contribution >= 4 is 44.7 Å². The van der Waals surface area contributed by atoms with Gasteiger partial charge in [0.05, 0.1) is 18.1 Å². The highest BCUT2D eigenvalue weighted by atomic mass is 32.2. The Morgan fingerprint density at radius 3 is 3.00 bits per heavy atom. The molecule has 3 rings (SSSR count). The number of ether oxygens (including phenoxy) is 1. The molecule has 3 N–H and O–H groups in total. The summed E-state index contributed by atoms with van der Waals surface area (Å²) in [5, 5.41) is 4.72. The van der Waals surface area contributed by atoms with Crippen molar-refractivity contribution in [2.24, 2.45) is 0 Å². The average molecular weight is 415 g/mol. The molecule has 0 aromatic carbocycles. The van der Waals surface area contributed by atoms with Crippen LogP contribution in [0, 0.1) is 0 Å². The van der Waals surface area contributed by atoms with Crippen molar-refractivity contribution < 1.29 is 17.9 Å². The second-order valence-corrected chi connectivity index (χ2v) is 9.60. The molecule has 2 aromatic rings. The molecule has 1 fully saturated rings. The number of aromatic nitrogens is 2. The van der Waals surface area contributed by atoms with Crippen LogP contribution in [0.25, 0.3) is 0 Å². The molecule has 3 heterocycles. The highest BCUT2D eigenvalue weighted by molar-refractivity contribution is 7.99. The van der Waals surface area contributed by atoms with Gasteiger partial charge in [-0.2, -0.15) is 0 Å². The molecule has 8 nitrogen and oxygen atoms in total. The minimum absolute atomic E-state index is 0.0811. The number of carbonyl (C=O) groups is 1. The monoisotopic (exact) mass is 414 g/mol. The zero-order valence-corrected chi connectivity index (χ0v) is 16.2. The number of thioether (sulfide) groups is 1. The summed E-state index contributed by atoms with van der Waals surface area (Å²) in [5.41, 5.74) is 5.81. The predicted octanol–water partition coefficient (Wildman–Crippen LogP) is 1.34. The van der Waals surface area contributed by atoms with Gasteiger partial charge in [-0.15, -0.1) is 11.3 Å². The minimum Gasteiger partial charge on any atom is -0.382 e. The van der Waals surface area contributed by atoms with E-state index in [9.17, 15) is 13.2 Å². The maximum atomic E-state index is 12.5. The Hall–Kier alpha value is -1.69. The van der Waals surface area contributed by atoms with Gasteiger partial charge in [0.1, 0.15) is 14.9 Å². The maximum Gasteiger partial charge on any atom is 0.230 e. The Morgan fingerprint density at radius 2 is 2.35 bits per heavy atom. The first kappa shape index (κ1) is 19.1. The summed E-state index contributed by atoms with van der Waals surface area (Å²) in [4.78, 5) is 19.8. The summed E-state index contributed by atoms with van der Waals surface area (Å²) in [5.74, 6) is -0.179. The van der Waals surface area contributed by atoms with Crippen LogP contribution in [0.1, 0.15) is 12.8 Å². The molecule has 1 atom stereocenters. The van der Waals surface area contributed by atoms with E-state index in [1.54, 1.807) is 11.4 Å². The first-order valence-corrected chi connectivity index (χ1v) is 11.2. The fraction of sp³-hybridized carbons (Fsp3) is 0.400. The fourth-order valence-electron chi connectivity index (χ4n) is 2.38. The largest absolute Gasteiger partial charge is 0.382 e. The molecule has 1 amide bonds. The third-order valence-electron chi connectivity index (χ3n) is 3.69. The van der Waals surface area contributed by atoms with E-state index in [1.807, 2.05) is 0 Å². The van der Waals surface area contributed by atoms with Crippen LogP contribution in [-0.4, -0.2) is 49.3 Å². The number of hydrogen-bond acceptors (Lipinski definition) is 9. The van der Waals surface area contributed by atoms with E-state index in [0.717, 1.165) is 42.5 Å². The van der Waals surface area contributed by atoms with Gasteiger partial charge in [0.2, 0.25) is 15.7 Å². The number of hydrogen-bond donors (Lipinski definition) is 2. The second-order valence-electron chi connectivity index (χ2n) is 5.57. The third-order valence-corrected chi connectivity index (χ3v) is 7.72. The van der Waals surface area contributed by atoms with Gasteiger partial charge in [-0.1, -0.05) is 17.8 Å². The number of nitrogens with zero attached hydrogens (tertiary/aromatic N) is 2. The molecule has 0 spiro atoms. The highest BCUT2D eigenvalue weighted by Crippen LogP contribution is 2.28. The van der Waals surface area contributed by atoms with Gasteiger partial charge < -0.3 is 15.8 Å². The maximum absolute atomic E-state index is 12.5. The van der Waals surface area contributed by atoms with Crippen LogP contribution in [-0.2, 0) is 19.4 Å². The summed E-state index contributed by atoms with van der Waals surface area (Å²) in [6, 6.07) is 3.15. The quantitative estimate of drug-likeness (QED) is 0.514. The number of nitrogens with two attached hydrogens (primary N) is 1. The zero-order valence-electron chi connectivity index (χ0n) is 13.8. The van der Waals surface area contributed by atoms with E-state index in [1.165, 1.54) is 12.3 Å². The Balaban J connectivity index is 1.58. The van der Waals surface area contributed by atoms with Gasteiger partial charge in [-0.05, 0) is 24.3 Å². The van der Waals surface area contributed by atoms with Crippen molar-refractivity contribution in [3.63, 3.8) is 0 Å². The summed E-state index contributed by atoms with van der Waals surface area (Å²) in [7, 11) is -3.73. The topological polar surface area (TPSA) is 124 Å². The fourth-order valence-corrected chi connectivity index (χ4v) is 5.41. The number of nitrogens with one attached hydrogen (secondary N) is 1. The SMILES string of the molecule is Nc1nc(SCC(=O)NC[C@@H]2CCCO2)ncc1S(=O)(=O)c1cccs1. The van der Waals surface area contributed by atoms with Crippen molar-refractivity contribution in [2.45, 2.75) is 33.2 Å². The molecule has 26 heavy (non-hydrogen) atoms. The van der Waals surface area contributed by atoms with Gasteiger partial charge in [0.15, 0.2) is 5.16 Å². The number of rotatable bonds is 7. The number of anilines is 1. The van der Waals surface area contributed by atoms with Crippen LogP contribution in [0.15, 0.2) is 38.0 Å². The van der Waals surface area contributed by atoms with E-state index in [0.29, 0.717) is 6.54 Å². The first-order chi connectivity index (χ1) is 12.5. The molecule has 1 aliphatic rings. The van der Waals surface area contributed by atoms with Crippen LogP contribution in [0.4, 0.5) is 5.82 Å². The van der Waals surface area contributed by atoms with E-state index >= 15 is 0 Å². The Morgan fingerprint density at radius 1 is 1.50 bits per heavy atom. The summed E-state index contributed by atoms with van der Waals surface area (Å²) in [6.07, 6.45) is 3.23. The molecule has 0 bridgehead atoms. The average Bonchev–Trinajstić information content (AvgIpc) is 3.31. The van der Waals surface area contributed by atoms with Crippen molar-refractivity contribution in [3.8, 4) is 0 Å². The lowest BCUT2D eigenvalue weighted by Crippen LogP contribution is -2.32. The number of amides is 1. The van der Waals surface area contributed by atoms with Gasteiger partial charge in [-0.3, -0.25) is 4.79 Å². The second kappa shape index (κ2) is 8.33. The number of thiophene rings is 1. The van der Waals surface area contributed by atoms with Gasteiger partial charge in [-0.25, -0.2) is 18.4 Å². The van der Waals surface area contributed by atoms with Crippen molar-refractivity contribution in [1.29, 1.82) is 0 Å². The van der Waals surface area contributed by atoms with Gasteiger partial charge in [0.25, 0.3) is 0 Å². The summed E-state index contributed by atoms with van der Waals surface area (Å²) in [6.45, 7) is 1.23. The van der Waals surface area contributed by atoms with Crippen molar-refractivity contribution in [3.05, 3.63) is 23.7 Å². The number of nitrogen functional groups attached to an aromatic ring is 1. The van der Waals surface area contributed by atoms with E-state index in [2.05, 4.69) is 15.3 Å². The van der Waals surface area contributed by atoms with Crippen LogP contribution < -0.4 is 11.1 Å². The Labute approximate surface area is 159 Å². The number of carbonyl (C=O) groups excluding carboxylic acids is 1. The smallest absolute Gasteiger partial charge is 0.230 e. The van der Waals surface area contributed by atoms with E-state index in [-0.39, 0.29) is 37.8 Å². The van der Waals surface area contributed by atoms with Crippen LogP contribution in [0.5, 0.6) is 0 Å². The standard InChI is InChI=1S/C15H18N4O4S3/c16-14-11(26(21,22)13-4-2-6-24-13)8-18-15(19-14)25-9-12(20)17-7-10-3-1-5-23-10/h2,4,6,8,10H,1,3,5,7,9H2,(H,17,20)(H2,16,18,19)/t10-/m0/s1. The van der Waals surface area contributed by atoms with E-state index in [4.69, 9.17) is 10.5 Å². The van der Waals surface area contributed by atoms with Gasteiger partial charge >= 0.3 is 0 Å². The van der Waals surface area contributed by atoms with Crippen molar-refractivity contribution in [2.75, 3.05) is 24.6 Å². The molecule has 0 radical (unpaired) electrons. The minimum atomic E-state index is -3.73. The molecule has 11 heteroatoms. The lowest BCUT2D eigenvalue weighted by molar-refractivity contribution is -0.119. The molecule has 0 saturated carbocycles. The molecular formula is C15H18N4O4S3. The first-order valence-electron chi connectivity index (χ1n) is 7.89. The predicted molar refractivity (Wildman–Crippen MR) is 98.9 cm³/mol. The normalized spacial score (nSPS) is 17.3. The zero-order chi connectivity index (χ0) is 18.6. The van der Waals surface area contributed by atoms with Crippen LogP contribution in [0.3, 0.4) is 0 Å². The molecule has 0 unspecified atom stereocenters. The third kappa shape index (κ3) is 4.53. The Bertz CT molecular complexity index is 865. The highest BCUT2D eigenvalue weighted by Gasteiger charge is 2.23. The van der Waals surface area contributed by atoms with Crippen LogP contribution >= 0.6 is 23.1 Å². The van der Waals surface area contributed by atoms with E-state index < -0.39 is 9.84 Å². The molecular weight excluding hydrogens is 396 g/mol. The molecule has 1 aliphatic heterocycles. The summed E-state index contributed by atoms with van der Waals surface area (Å²) < 4.78 is 30.6. The number of sulfone groups is 1. The molecule has 2 aromatic heterocycles. The lowest BCUT2D eigenvalue weighted by Gasteiger charge is -2.10. The van der Waals surface area contributed by atoms with Crippen molar-refractivity contribution in [1.82, 2.24) is 15.3 Å².